The van der Waals surface area contributed by atoms with Gasteiger partial charge in [0, 0.05) is 39.2 Å². The summed E-state index contributed by atoms with van der Waals surface area (Å²) < 4.78 is 0. The normalized spacial score (nSPS) is 13.2. The Morgan fingerprint density at radius 3 is 2.72 bits per heavy atom. The minimum absolute atomic E-state index is 0.0163. The predicted octanol–water partition coefficient (Wildman–Crippen LogP) is 2.80. The van der Waals surface area contributed by atoms with Gasteiger partial charge in [-0.25, -0.2) is 0 Å². The molecule has 0 unspecified atom stereocenters. The molecular formula is C20H23N3O2. The van der Waals surface area contributed by atoms with Crippen molar-refractivity contribution in [3.8, 4) is 0 Å². The van der Waals surface area contributed by atoms with Gasteiger partial charge in [-0.3, -0.25) is 14.6 Å². The number of benzene rings is 1. The van der Waals surface area contributed by atoms with Gasteiger partial charge in [0.05, 0.1) is 11.4 Å². The molecule has 5 heteroatoms. The highest BCUT2D eigenvalue weighted by Crippen LogP contribution is 2.25. The van der Waals surface area contributed by atoms with Crippen LogP contribution in [0.25, 0.3) is 0 Å². The van der Waals surface area contributed by atoms with Gasteiger partial charge in [-0.15, -0.1) is 0 Å². The van der Waals surface area contributed by atoms with Gasteiger partial charge in [-0.05, 0) is 30.5 Å². The molecule has 1 aliphatic heterocycles. The van der Waals surface area contributed by atoms with Crippen LogP contribution in [0.15, 0.2) is 48.7 Å². The molecule has 0 N–H and O–H groups in total. The fraction of sp³-hybridized carbons (Fsp3) is 0.350. The van der Waals surface area contributed by atoms with Crippen LogP contribution < -0.4 is 4.90 Å². The maximum absolute atomic E-state index is 12.7. The third-order valence-electron chi connectivity index (χ3n) is 4.51. The van der Waals surface area contributed by atoms with E-state index in [1.54, 1.807) is 18.0 Å². The van der Waals surface area contributed by atoms with Crippen LogP contribution in [0.5, 0.6) is 0 Å². The summed E-state index contributed by atoms with van der Waals surface area (Å²) in [5, 5.41) is 0. The average Bonchev–Trinajstić information content (AvgIpc) is 2.65. The molecule has 0 radical (unpaired) electrons. The lowest BCUT2D eigenvalue weighted by Gasteiger charge is -2.29. The van der Waals surface area contributed by atoms with Crippen LogP contribution in [0.1, 0.15) is 31.0 Å². The molecule has 0 aliphatic carbocycles. The van der Waals surface area contributed by atoms with Crippen LogP contribution in [0.4, 0.5) is 5.69 Å². The zero-order valence-corrected chi connectivity index (χ0v) is 14.5. The van der Waals surface area contributed by atoms with Gasteiger partial charge in [-0.2, -0.15) is 0 Å². The Morgan fingerprint density at radius 1 is 1.16 bits per heavy atom. The molecule has 0 bridgehead atoms. The molecule has 1 aliphatic rings. The van der Waals surface area contributed by atoms with E-state index in [2.05, 4.69) is 4.98 Å². The lowest BCUT2D eigenvalue weighted by molar-refractivity contribution is -0.130. The monoisotopic (exact) mass is 337 g/mol. The summed E-state index contributed by atoms with van der Waals surface area (Å²) in [5.74, 6) is 0.0330. The Balaban J connectivity index is 1.63. The summed E-state index contributed by atoms with van der Waals surface area (Å²) in [6, 6.07) is 13.7. The van der Waals surface area contributed by atoms with Crippen molar-refractivity contribution in [1.82, 2.24) is 9.88 Å². The second kappa shape index (κ2) is 7.92. The van der Waals surface area contributed by atoms with E-state index in [1.165, 1.54) is 0 Å². The Kier molecular flexibility index (Phi) is 5.43. The number of nitrogens with zero attached hydrogens (tertiary/aromatic N) is 3. The molecule has 1 aromatic carbocycles. The zero-order chi connectivity index (χ0) is 17.6. The molecule has 0 saturated heterocycles. The van der Waals surface area contributed by atoms with E-state index in [9.17, 15) is 9.59 Å². The highest BCUT2D eigenvalue weighted by atomic mass is 16.2. The first-order valence-corrected chi connectivity index (χ1v) is 8.69. The number of pyridine rings is 1. The minimum atomic E-state index is -0.0163. The van der Waals surface area contributed by atoms with Gasteiger partial charge in [0.25, 0.3) is 0 Å². The van der Waals surface area contributed by atoms with Crippen molar-refractivity contribution in [2.75, 3.05) is 18.0 Å². The van der Waals surface area contributed by atoms with E-state index in [4.69, 9.17) is 0 Å². The molecule has 2 heterocycles. The van der Waals surface area contributed by atoms with E-state index in [0.29, 0.717) is 19.5 Å². The van der Waals surface area contributed by atoms with Crippen LogP contribution >= 0.6 is 0 Å². The number of carbonyl (C=O) groups is 2. The molecular weight excluding hydrogens is 314 g/mol. The predicted molar refractivity (Wildman–Crippen MR) is 97.1 cm³/mol. The molecule has 2 aromatic rings. The van der Waals surface area contributed by atoms with Crippen molar-refractivity contribution in [1.29, 1.82) is 0 Å². The van der Waals surface area contributed by atoms with Crippen molar-refractivity contribution >= 4 is 17.5 Å². The van der Waals surface area contributed by atoms with E-state index in [1.807, 2.05) is 47.4 Å². The first-order chi connectivity index (χ1) is 12.1. The number of fused-ring (bicyclic) bond motifs is 1. The first-order valence-electron chi connectivity index (χ1n) is 8.69. The van der Waals surface area contributed by atoms with Crippen LogP contribution in [0.2, 0.25) is 0 Å². The van der Waals surface area contributed by atoms with Gasteiger partial charge >= 0.3 is 0 Å². The van der Waals surface area contributed by atoms with Crippen molar-refractivity contribution in [2.45, 2.75) is 32.7 Å². The number of rotatable bonds is 5. The summed E-state index contributed by atoms with van der Waals surface area (Å²) >= 11 is 0. The van der Waals surface area contributed by atoms with E-state index in [0.717, 1.165) is 36.3 Å². The summed E-state index contributed by atoms with van der Waals surface area (Å²) in [6.45, 7) is 3.22. The van der Waals surface area contributed by atoms with Crippen molar-refractivity contribution in [3.63, 3.8) is 0 Å². The largest absolute Gasteiger partial charge is 0.338 e. The molecule has 0 spiro atoms. The van der Waals surface area contributed by atoms with Gasteiger partial charge in [0.1, 0.15) is 0 Å². The summed E-state index contributed by atoms with van der Waals surface area (Å²) in [5.41, 5.74) is 2.96. The molecule has 25 heavy (non-hydrogen) atoms. The Labute approximate surface area is 148 Å². The summed E-state index contributed by atoms with van der Waals surface area (Å²) in [6.07, 6.45) is 3.93. The van der Waals surface area contributed by atoms with Crippen molar-refractivity contribution < 1.29 is 9.59 Å². The number of aryl methyl sites for hydroxylation is 1. The van der Waals surface area contributed by atoms with Crippen LogP contribution in [-0.4, -0.2) is 34.8 Å². The molecule has 3 rings (SSSR count). The van der Waals surface area contributed by atoms with Crippen molar-refractivity contribution in [3.05, 3.63) is 59.9 Å². The van der Waals surface area contributed by atoms with Gasteiger partial charge < -0.3 is 9.80 Å². The lowest BCUT2D eigenvalue weighted by atomic mass is 10.1. The van der Waals surface area contributed by atoms with Crippen LogP contribution in [-0.2, 0) is 22.6 Å². The second-order valence-electron chi connectivity index (χ2n) is 6.29. The highest BCUT2D eigenvalue weighted by molar-refractivity contribution is 5.94. The van der Waals surface area contributed by atoms with Gasteiger partial charge in [0.2, 0.25) is 11.8 Å². The molecule has 0 fully saturated rings. The van der Waals surface area contributed by atoms with Gasteiger partial charge in [0.15, 0.2) is 0 Å². The van der Waals surface area contributed by atoms with Gasteiger partial charge in [-0.1, -0.05) is 30.3 Å². The Morgan fingerprint density at radius 2 is 1.96 bits per heavy atom. The third kappa shape index (κ3) is 4.24. The van der Waals surface area contributed by atoms with E-state index >= 15 is 0 Å². The van der Waals surface area contributed by atoms with E-state index < -0.39 is 0 Å². The van der Waals surface area contributed by atoms with E-state index in [-0.39, 0.29) is 11.8 Å². The smallest absolute Gasteiger partial charge is 0.228 e. The Bertz CT molecular complexity index is 746. The highest BCUT2D eigenvalue weighted by Gasteiger charge is 2.23. The standard InChI is InChI=1S/C20H23N3O2/c1-16(24)22(15-17-7-3-2-4-8-17)14-11-20(25)23-13-6-9-18-19(23)10-5-12-21-18/h2-5,7-8,10,12H,6,9,11,13-15H2,1H3. The average molecular weight is 337 g/mol. The quantitative estimate of drug-likeness (QED) is 0.843. The zero-order valence-electron chi connectivity index (χ0n) is 14.5. The SMILES string of the molecule is CC(=O)N(CCC(=O)N1CCCc2ncccc21)Cc1ccccc1. The number of hydrogen-bond acceptors (Lipinski definition) is 3. The summed E-state index contributed by atoms with van der Waals surface area (Å²) in [4.78, 5) is 32.5. The van der Waals surface area contributed by atoms with Crippen LogP contribution in [0.3, 0.4) is 0 Å². The molecule has 0 atom stereocenters. The number of carbonyl (C=O) groups excluding carboxylic acids is 2. The molecule has 0 saturated carbocycles. The second-order valence-corrected chi connectivity index (χ2v) is 6.29. The first kappa shape index (κ1) is 17.1. The fourth-order valence-corrected chi connectivity index (χ4v) is 3.17. The molecule has 5 nitrogen and oxygen atoms in total. The third-order valence-corrected chi connectivity index (χ3v) is 4.51. The lowest BCUT2D eigenvalue weighted by Crippen LogP contribution is -2.38. The Hall–Kier alpha value is -2.69. The topological polar surface area (TPSA) is 53.5 Å². The van der Waals surface area contributed by atoms with Crippen molar-refractivity contribution in [2.24, 2.45) is 0 Å². The fourth-order valence-electron chi connectivity index (χ4n) is 3.17. The molecule has 130 valence electrons. The maximum atomic E-state index is 12.7. The number of anilines is 1. The van der Waals surface area contributed by atoms with Crippen LogP contribution in [0, 0.1) is 0 Å². The number of hydrogen-bond donors (Lipinski definition) is 0. The molecule has 2 amide bonds. The minimum Gasteiger partial charge on any atom is -0.338 e. The molecule has 1 aromatic heterocycles. The number of aromatic nitrogens is 1. The maximum Gasteiger partial charge on any atom is 0.228 e. The summed E-state index contributed by atoms with van der Waals surface area (Å²) in [7, 11) is 0. The number of amides is 2.